The molecule has 3 aromatic rings. The van der Waals surface area contributed by atoms with Gasteiger partial charge in [0.1, 0.15) is 5.82 Å². The molecule has 7 nitrogen and oxygen atoms in total. The molecule has 168 valence electrons. The number of benzene rings is 2. The van der Waals surface area contributed by atoms with E-state index >= 15 is 0 Å². The Morgan fingerprint density at radius 2 is 1.97 bits per heavy atom. The lowest BCUT2D eigenvalue weighted by atomic mass is 9.91. The van der Waals surface area contributed by atoms with Crippen LogP contribution in [0.3, 0.4) is 0 Å². The number of carbonyl (C=O) groups is 1. The summed E-state index contributed by atoms with van der Waals surface area (Å²) in [5.41, 5.74) is 8.05. The third kappa shape index (κ3) is 5.07. The molecule has 0 spiro atoms. The number of pyridine rings is 1. The smallest absolute Gasteiger partial charge is 0.252 e. The first-order chi connectivity index (χ1) is 15.9. The third-order valence-electron chi connectivity index (χ3n) is 5.58. The Kier molecular flexibility index (Phi) is 6.47. The highest BCUT2D eigenvalue weighted by Crippen LogP contribution is 2.28. The van der Waals surface area contributed by atoms with E-state index in [-0.39, 0.29) is 17.7 Å². The number of anilines is 3. The van der Waals surface area contributed by atoms with Gasteiger partial charge in [-0.25, -0.2) is 13.8 Å². The monoisotopic (exact) mass is 448 g/mol. The van der Waals surface area contributed by atoms with Gasteiger partial charge in [0.15, 0.2) is 11.6 Å². The van der Waals surface area contributed by atoms with Gasteiger partial charge >= 0.3 is 0 Å². The molecule has 1 saturated heterocycles. The van der Waals surface area contributed by atoms with Gasteiger partial charge in [-0.1, -0.05) is 24.3 Å². The van der Waals surface area contributed by atoms with Crippen LogP contribution in [0.1, 0.15) is 27.4 Å². The summed E-state index contributed by atoms with van der Waals surface area (Å²) in [6.07, 6.45) is 1.33. The summed E-state index contributed by atoms with van der Waals surface area (Å²) in [6, 6.07) is 15.6. The van der Waals surface area contributed by atoms with E-state index in [4.69, 9.17) is 11.0 Å². The molecular weight excluding hydrogens is 426 g/mol. The molecule has 1 aromatic heterocycles. The summed E-state index contributed by atoms with van der Waals surface area (Å²) in [5.74, 6) is -1.70. The van der Waals surface area contributed by atoms with Crippen molar-refractivity contribution in [2.75, 3.05) is 30.3 Å². The van der Waals surface area contributed by atoms with E-state index in [1.165, 1.54) is 23.9 Å². The molecule has 0 atom stereocenters. The van der Waals surface area contributed by atoms with Gasteiger partial charge in [0.25, 0.3) is 5.91 Å². The Balaban J connectivity index is 1.45. The van der Waals surface area contributed by atoms with Gasteiger partial charge in [0.2, 0.25) is 0 Å². The van der Waals surface area contributed by atoms with Gasteiger partial charge in [-0.05, 0) is 23.8 Å². The van der Waals surface area contributed by atoms with E-state index in [9.17, 15) is 13.6 Å². The van der Waals surface area contributed by atoms with Gasteiger partial charge < -0.3 is 16.4 Å². The van der Waals surface area contributed by atoms with Crippen molar-refractivity contribution < 1.29 is 13.6 Å². The van der Waals surface area contributed by atoms with E-state index in [0.29, 0.717) is 24.0 Å². The van der Waals surface area contributed by atoms with Crippen molar-refractivity contribution in [1.29, 1.82) is 5.26 Å². The van der Waals surface area contributed by atoms with Crippen LogP contribution in [0.25, 0.3) is 0 Å². The van der Waals surface area contributed by atoms with E-state index in [1.54, 1.807) is 6.07 Å². The van der Waals surface area contributed by atoms with Crippen LogP contribution < -0.4 is 16.4 Å². The minimum Gasteiger partial charge on any atom is -0.380 e. The highest BCUT2D eigenvalue weighted by molar-refractivity contribution is 5.98. The van der Waals surface area contributed by atoms with Gasteiger partial charge in [0, 0.05) is 49.1 Å². The fraction of sp³-hybridized carbons (Fsp3) is 0.208. The van der Waals surface area contributed by atoms with Crippen molar-refractivity contribution in [2.24, 2.45) is 5.73 Å². The van der Waals surface area contributed by atoms with Crippen LogP contribution in [0.5, 0.6) is 0 Å². The fourth-order valence-corrected chi connectivity index (χ4v) is 3.74. The fourth-order valence-electron chi connectivity index (χ4n) is 3.74. The molecule has 0 unspecified atom stereocenters. The quantitative estimate of drug-likeness (QED) is 0.453. The zero-order chi connectivity index (χ0) is 23.4. The number of nitrogens with zero attached hydrogens (tertiary/aromatic N) is 3. The molecule has 9 heteroatoms. The molecule has 2 heterocycles. The number of hydrogen-bond donors (Lipinski definition) is 3. The molecule has 2 aromatic carbocycles. The van der Waals surface area contributed by atoms with Gasteiger partial charge in [0.05, 0.1) is 23.9 Å². The average molecular weight is 448 g/mol. The Labute approximate surface area is 189 Å². The van der Waals surface area contributed by atoms with E-state index in [1.807, 2.05) is 24.3 Å². The van der Waals surface area contributed by atoms with E-state index in [0.717, 1.165) is 24.8 Å². The van der Waals surface area contributed by atoms with Gasteiger partial charge in [-0.3, -0.25) is 9.69 Å². The Bertz CT molecular complexity index is 1200. The molecule has 4 N–H and O–H groups in total. The summed E-state index contributed by atoms with van der Waals surface area (Å²) in [6.45, 7) is 2.16. The molecule has 0 radical (unpaired) electrons. The number of hydrogen-bond acceptors (Lipinski definition) is 6. The van der Waals surface area contributed by atoms with Crippen molar-refractivity contribution >= 4 is 23.1 Å². The molecule has 1 aliphatic heterocycles. The highest BCUT2D eigenvalue weighted by atomic mass is 19.2. The third-order valence-corrected chi connectivity index (χ3v) is 5.58. The van der Waals surface area contributed by atoms with Crippen molar-refractivity contribution in [1.82, 2.24) is 9.88 Å². The number of halogens is 2. The molecular formula is C24H22F2N6O. The summed E-state index contributed by atoms with van der Waals surface area (Å²) in [4.78, 5) is 18.1. The Hall–Kier alpha value is -4.03. The number of rotatable bonds is 8. The summed E-state index contributed by atoms with van der Waals surface area (Å²) >= 11 is 0. The van der Waals surface area contributed by atoms with Crippen LogP contribution in [0.4, 0.5) is 26.0 Å². The zero-order valence-corrected chi connectivity index (χ0v) is 17.7. The number of likely N-dealkylation sites (tertiary alicyclic amines) is 1. The largest absolute Gasteiger partial charge is 0.380 e. The van der Waals surface area contributed by atoms with Crippen molar-refractivity contribution in [3.63, 3.8) is 0 Å². The number of nitrogens with two attached hydrogens (primary N) is 1. The first-order valence-corrected chi connectivity index (χ1v) is 10.4. The van der Waals surface area contributed by atoms with Gasteiger partial charge in [-0.2, -0.15) is 5.26 Å². The minimum absolute atomic E-state index is 0.0355. The molecule has 0 aliphatic carbocycles. The van der Waals surface area contributed by atoms with E-state index in [2.05, 4.69) is 26.6 Å². The maximum Gasteiger partial charge on any atom is 0.252 e. The predicted molar refractivity (Wildman–Crippen MR) is 121 cm³/mol. The standard InChI is InChI=1S/C24H22F2N6O/c25-20-3-1-2-16(23(20)26)11-29-21-10-22(30-12-19(21)24(28)33)31-18-6-4-15(5-7-18)17-13-32(14-17)9-8-27/h1-7,10,12,17H,9,11,13-14H2,(H2,28,33)(H2,29,30,31). The number of amides is 1. The number of primary amides is 1. The lowest BCUT2D eigenvalue weighted by Crippen LogP contribution is -2.44. The molecule has 4 rings (SSSR count). The van der Waals surface area contributed by atoms with Crippen LogP contribution in [0, 0.1) is 23.0 Å². The van der Waals surface area contributed by atoms with Crippen molar-refractivity contribution in [3.05, 3.63) is 83.1 Å². The summed E-state index contributed by atoms with van der Waals surface area (Å²) in [5, 5.41) is 14.9. The lowest BCUT2D eigenvalue weighted by Gasteiger charge is -2.37. The van der Waals surface area contributed by atoms with Crippen LogP contribution >= 0.6 is 0 Å². The van der Waals surface area contributed by atoms with Gasteiger partial charge in [-0.15, -0.1) is 0 Å². The van der Waals surface area contributed by atoms with Crippen LogP contribution in [-0.4, -0.2) is 35.4 Å². The second-order valence-electron chi connectivity index (χ2n) is 7.84. The van der Waals surface area contributed by atoms with Crippen LogP contribution in [0.2, 0.25) is 0 Å². The van der Waals surface area contributed by atoms with Crippen molar-refractivity contribution in [3.8, 4) is 6.07 Å². The lowest BCUT2D eigenvalue weighted by molar-refractivity contribution is 0.100. The molecule has 1 aliphatic rings. The second-order valence-corrected chi connectivity index (χ2v) is 7.84. The molecule has 1 amide bonds. The normalized spacial score (nSPS) is 13.7. The van der Waals surface area contributed by atoms with Crippen LogP contribution in [-0.2, 0) is 6.54 Å². The maximum atomic E-state index is 14.0. The highest BCUT2D eigenvalue weighted by Gasteiger charge is 2.27. The SMILES string of the molecule is N#CCN1CC(c2ccc(Nc3cc(NCc4cccc(F)c4F)c(C(N)=O)cn3)cc2)C1. The Morgan fingerprint density at radius 1 is 1.21 bits per heavy atom. The Morgan fingerprint density at radius 3 is 2.67 bits per heavy atom. The first kappa shape index (κ1) is 22.2. The number of nitriles is 1. The molecule has 1 fully saturated rings. The van der Waals surface area contributed by atoms with Crippen molar-refractivity contribution in [2.45, 2.75) is 12.5 Å². The first-order valence-electron chi connectivity index (χ1n) is 10.4. The molecule has 0 saturated carbocycles. The minimum atomic E-state index is -0.944. The zero-order valence-electron chi connectivity index (χ0n) is 17.7. The second kappa shape index (κ2) is 9.63. The number of nitrogens with one attached hydrogen (secondary N) is 2. The maximum absolute atomic E-state index is 14.0. The summed E-state index contributed by atoms with van der Waals surface area (Å²) in [7, 11) is 0. The number of carbonyl (C=O) groups excluding carboxylic acids is 1. The number of aromatic nitrogens is 1. The summed E-state index contributed by atoms with van der Waals surface area (Å²) < 4.78 is 27.4. The van der Waals surface area contributed by atoms with Crippen LogP contribution in [0.15, 0.2) is 54.7 Å². The average Bonchev–Trinajstić information content (AvgIpc) is 2.77. The predicted octanol–water partition coefficient (Wildman–Crippen LogP) is 3.74. The topological polar surface area (TPSA) is 107 Å². The molecule has 0 bridgehead atoms. The molecule has 33 heavy (non-hydrogen) atoms. The van der Waals surface area contributed by atoms with E-state index < -0.39 is 17.5 Å².